The van der Waals surface area contributed by atoms with E-state index < -0.39 is 26.6 Å². The normalized spacial score (nSPS) is 14.8. The number of carbonyl (C=O) groups is 1. The molecule has 3 atom stereocenters. The Kier molecular flexibility index (Phi) is 31.3. The van der Waals surface area contributed by atoms with Crippen molar-refractivity contribution in [3.63, 3.8) is 0 Å². The maximum absolute atomic E-state index is 12.5. The van der Waals surface area contributed by atoms with Crippen LogP contribution in [0.4, 0.5) is 0 Å². The molecular weight excluding hydrogens is 573 g/mol. The Morgan fingerprint density at radius 2 is 1.07 bits per heavy atom. The van der Waals surface area contributed by atoms with Gasteiger partial charge in [0, 0.05) is 6.42 Å². The molecule has 0 fully saturated rings. The van der Waals surface area contributed by atoms with E-state index in [2.05, 4.69) is 35.8 Å². The molecule has 0 rings (SSSR count). The van der Waals surface area contributed by atoms with E-state index in [0.29, 0.717) is 6.42 Å². The van der Waals surface area contributed by atoms with Crippen LogP contribution in [-0.2, 0) is 13.9 Å². The lowest BCUT2D eigenvalue weighted by Gasteiger charge is -2.25. The van der Waals surface area contributed by atoms with Crippen molar-refractivity contribution in [3.8, 4) is 0 Å². The Morgan fingerprint density at radius 1 is 0.682 bits per heavy atom. The van der Waals surface area contributed by atoms with Crippen LogP contribution in [0.25, 0.3) is 0 Å². The molecule has 0 aliphatic heterocycles. The number of aliphatic hydroxyl groups is 1. The van der Waals surface area contributed by atoms with Crippen LogP contribution in [0.5, 0.6) is 0 Å². The van der Waals surface area contributed by atoms with Gasteiger partial charge in [-0.25, -0.2) is 0 Å². The number of hydrogen-bond acceptors (Lipinski definition) is 5. The van der Waals surface area contributed by atoms with Crippen molar-refractivity contribution < 1.29 is 28.8 Å². The zero-order chi connectivity index (χ0) is 32.6. The number of amides is 1. The van der Waals surface area contributed by atoms with E-state index in [1.165, 1.54) is 103 Å². The quantitative estimate of drug-likeness (QED) is 0.0373. The summed E-state index contributed by atoms with van der Waals surface area (Å²) in [4.78, 5) is 32.6. The Hall–Kier alpha value is -0.980. The van der Waals surface area contributed by atoms with Gasteiger partial charge in [0.15, 0.2) is 0 Å². The number of phosphoric acid groups is 1. The summed E-state index contributed by atoms with van der Waals surface area (Å²) in [6, 6.07) is -0.950. The van der Waals surface area contributed by atoms with Crippen LogP contribution < -0.4 is 10.2 Å². The summed E-state index contributed by atoms with van der Waals surface area (Å²) in [5, 5.41) is 13.3. The van der Waals surface area contributed by atoms with E-state index >= 15 is 0 Å². The molecule has 1 amide bonds. The predicted octanol–water partition coefficient (Wildman–Crippen LogP) is 9.60. The SMILES string of the molecule is CCCCCCCCC=CCCCCCCCC(=O)N[C@@H](COP(=O)([O-])O)[C@H](O)C=CCCCCCCCCCCCCC. The van der Waals surface area contributed by atoms with Crippen molar-refractivity contribution in [2.45, 2.75) is 193 Å². The summed E-state index contributed by atoms with van der Waals surface area (Å²) in [7, 11) is -4.96. The number of nitrogens with one attached hydrogen (secondary N) is 1. The molecular formula is C36H69NO6P-. The highest BCUT2D eigenvalue weighted by Crippen LogP contribution is 2.30. The largest absolute Gasteiger partial charge is 0.756 e. The third-order valence-electron chi connectivity index (χ3n) is 8.15. The Morgan fingerprint density at radius 3 is 1.50 bits per heavy atom. The van der Waals surface area contributed by atoms with E-state index in [-0.39, 0.29) is 5.91 Å². The van der Waals surface area contributed by atoms with Gasteiger partial charge < -0.3 is 24.7 Å². The molecule has 3 N–H and O–H groups in total. The van der Waals surface area contributed by atoms with Gasteiger partial charge in [0.25, 0.3) is 7.82 Å². The highest BCUT2D eigenvalue weighted by molar-refractivity contribution is 7.44. The van der Waals surface area contributed by atoms with E-state index in [1.807, 2.05) is 6.08 Å². The molecule has 0 heterocycles. The molecule has 8 heteroatoms. The number of carbonyl (C=O) groups excluding carboxylic acids is 1. The summed E-state index contributed by atoms with van der Waals surface area (Å²) in [6.45, 7) is 3.97. The Labute approximate surface area is 271 Å². The van der Waals surface area contributed by atoms with E-state index in [0.717, 1.165) is 57.8 Å². The average Bonchev–Trinajstić information content (AvgIpc) is 2.99. The second-order valence-electron chi connectivity index (χ2n) is 12.5. The van der Waals surface area contributed by atoms with Crippen LogP contribution in [0.2, 0.25) is 0 Å². The average molecular weight is 643 g/mol. The molecule has 0 aliphatic rings. The lowest BCUT2D eigenvalue weighted by atomic mass is 10.0. The van der Waals surface area contributed by atoms with Gasteiger partial charge in [0.05, 0.1) is 18.8 Å². The number of allylic oxidation sites excluding steroid dienone is 3. The van der Waals surface area contributed by atoms with Crippen molar-refractivity contribution in [3.05, 3.63) is 24.3 Å². The molecule has 0 bridgehead atoms. The second kappa shape index (κ2) is 32.0. The van der Waals surface area contributed by atoms with Crippen LogP contribution >= 0.6 is 7.82 Å². The van der Waals surface area contributed by atoms with Gasteiger partial charge >= 0.3 is 0 Å². The van der Waals surface area contributed by atoms with E-state index in [1.54, 1.807) is 6.08 Å². The number of unbranched alkanes of at least 4 members (excludes halogenated alkanes) is 22. The van der Waals surface area contributed by atoms with E-state index in [9.17, 15) is 19.4 Å². The molecule has 1 unspecified atom stereocenters. The molecule has 0 aromatic carbocycles. The third-order valence-corrected chi connectivity index (χ3v) is 8.62. The zero-order valence-corrected chi connectivity index (χ0v) is 29.4. The zero-order valence-electron chi connectivity index (χ0n) is 28.5. The number of aliphatic hydroxyl groups excluding tert-OH is 1. The monoisotopic (exact) mass is 642 g/mol. The second-order valence-corrected chi connectivity index (χ2v) is 13.7. The fourth-order valence-corrected chi connectivity index (χ4v) is 5.68. The first kappa shape index (κ1) is 43.0. The summed E-state index contributed by atoms with van der Waals surface area (Å²) in [6.07, 6.45) is 37.4. The minimum absolute atomic E-state index is 0.257. The van der Waals surface area contributed by atoms with Crippen molar-refractivity contribution in [2.75, 3.05) is 6.61 Å². The minimum atomic E-state index is -4.96. The maximum Gasteiger partial charge on any atom is 0.265 e. The third kappa shape index (κ3) is 32.4. The molecule has 0 aromatic heterocycles. The molecule has 44 heavy (non-hydrogen) atoms. The molecule has 0 aliphatic carbocycles. The van der Waals surface area contributed by atoms with Crippen LogP contribution in [0.15, 0.2) is 24.3 Å². The summed E-state index contributed by atoms with van der Waals surface area (Å²) in [5.41, 5.74) is 0. The van der Waals surface area contributed by atoms with Crippen molar-refractivity contribution in [1.29, 1.82) is 0 Å². The summed E-state index contributed by atoms with van der Waals surface area (Å²) >= 11 is 0. The molecule has 0 spiro atoms. The van der Waals surface area contributed by atoms with Crippen molar-refractivity contribution in [1.82, 2.24) is 5.32 Å². The highest BCUT2D eigenvalue weighted by Gasteiger charge is 2.21. The van der Waals surface area contributed by atoms with Crippen molar-refractivity contribution in [2.24, 2.45) is 0 Å². The molecule has 0 radical (unpaired) electrons. The first-order chi connectivity index (χ1) is 21.3. The van der Waals surface area contributed by atoms with Gasteiger partial charge in [0.2, 0.25) is 5.91 Å². The Balaban J connectivity index is 4.07. The van der Waals surface area contributed by atoms with E-state index in [4.69, 9.17) is 4.89 Å². The smallest absolute Gasteiger partial charge is 0.265 e. The molecule has 0 aromatic rings. The maximum atomic E-state index is 12.5. The number of phosphoric ester groups is 1. The van der Waals surface area contributed by atoms with Gasteiger partial charge in [-0.15, -0.1) is 0 Å². The number of hydrogen-bond donors (Lipinski definition) is 3. The van der Waals surface area contributed by atoms with Gasteiger partial charge in [-0.1, -0.05) is 154 Å². The molecule has 260 valence electrons. The summed E-state index contributed by atoms with van der Waals surface area (Å²) < 4.78 is 15.6. The van der Waals surface area contributed by atoms with Crippen LogP contribution in [0, 0.1) is 0 Å². The summed E-state index contributed by atoms with van der Waals surface area (Å²) in [5.74, 6) is -0.257. The van der Waals surface area contributed by atoms with Gasteiger partial charge in [-0.05, 0) is 44.9 Å². The van der Waals surface area contributed by atoms with Crippen molar-refractivity contribution >= 4 is 13.7 Å². The lowest BCUT2D eigenvalue weighted by molar-refractivity contribution is -0.220. The highest BCUT2D eigenvalue weighted by atomic mass is 31.2. The standard InChI is InChI=1S/C36H70NO6P/c1-3-5-7-9-11-13-15-17-18-20-22-24-26-28-30-32-36(39)37-34(33-43-44(40,41)42)35(38)31-29-27-25-23-21-19-16-14-12-10-8-6-4-2/h17-18,29,31,34-35,38H,3-16,19-28,30,32-33H2,1-2H3,(H,37,39)(H2,40,41,42)/p-1/t34-,35+/m0/s1. The molecule has 7 nitrogen and oxygen atoms in total. The first-order valence-corrected chi connectivity index (χ1v) is 19.8. The fraction of sp³-hybridized carbons (Fsp3) is 0.861. The first-order valence-electron chi connectivity index (χ1n) is 18.3. The van der Waals surface area contributed by atoms with Crippen LogP contribution in [0.1, 0.15) is 181 Å². The minimum Gasteiger partial charge on any atom is -0.756 e. The topological polar surface area (TPSA) is 119 Å². The van der Waals surface area contributed by atoms with Crippen LogP contribution in [-0.4, -0.2) is 34.7 Å². The molecule has 0 saturated heterocycles. The van der Waals surface area contributed by atoms with Gasteiger partial charge in [0.1, 0.15) is 0 Å². The Bertz CT molecular complexity index is 738. The predicted molar refractivity (Wildman–Crippen MR) is 183 cm³/mol. The fourth-order valence-electron chi connectivity index (χ4n) is 5.33. The van der Waals surface area contributed by atoms with Crippen LogP contribution in [0.3, 0.4) is 0 Å². The van der Waals surface area contributed by atoms with Gasteiger partial charge in [-0.2, -0.15) is 0 Å². The van der Waals surface area contributed by atoms with Gasteiger partial charge in [-0.3, -0.25) is 9.36 Å². The number of rotatable bonds is 33. The molecule has 0 saturated carbocycles. The lowest BCUT2D eigenvalue weighted by Crippen LogP contribution is -2.45.